The van der Waals surface area contributed by atoms with Crippen molar-refractivity contribution in [3.63, 3.8) is 0 Å². The lowest BCUT2D eigenvalue weighted by Gasteiger charge is -2.15. The number of hydrogen-bond donors (Lipinski definition) is 1. The third-order valence-corrected chi connectivity index (χ3v) is 4.08. The summed E-state index contributed by atoms with van der Waals surface area (Å²) >= 11 is 1.66. The van der Waals surface area contributed by atoms with Crippen molar-refractivity contribution in [3.8, 4) is 5.75 Å². The summed E-state index contributed by atoms with van der Waals surface area (Å²) in [7, 11) is 0. The first-order valence-corrected chi connectivity index (χ1v) is 7.40. The average molecular weight is 315 g/mol. The highest BCUT2D eigenvalue weighted by Gasteiger charge is 2.30. The Morgan fingerprint density at radius 2 is 1.86 bits per heavy atom. The van der Waals surface area contributed by atoms with E-state index >= 15 is 0 Å². The van der Waals surface area contributed by atoms with Gasteiger partial charge in [0.25, 0.3) is 0 Å². The van der Waals surface area contributed by atoms with Crippen LogP contribution in [-0.4, -0.2) is 6.36 Å². The smallest absolute Gasteiger partial charge is 0.406 e. The Morgan fingerprint density at radius 1 is 1.19 bits per heavy atom. The summed E-state index contributed by atoms with van der Waals surface area (Å²) in [6.45, 7) is 4.76. The van der Waals surface area contributed by atoms with E-state index < -0.39 is 6.36 Å². The van der Waals surface area contributed by atoms with E-state index in [1.54, 1.807) is 23.5 Å². The van der Waals surface area contributed by atoms with Gasteiger partial charge in [0.15, 0.2) is 0 Å². The number of alkyl halides is 3. The summed E-state index contributed by atoms with van der Waals surface area (Å²) in [6.07, 6.45) is -4.65. The third kappa shape index (κ3) is 4.75. The van der Waals surface area contributed by atoms with Crippen molar-refractivity contribution >= 4 is 11.3 Å². The lowest BCUT2D eigenvalue weighted by Crippen LogP contribution is -2.19. The molecule has 0 saturated heterocycles. The quantitative estimate of drug-likeness (QED) is 0.855. The van der Waals surface area contributed by atoms with Crippen LogP contribution < -0.4 is 10.1 Å². The van der Waals surface area contributed by atoms with Gasteiger partial charge in [0, 0.05) is 12.6 Å². The molecule has 2 rings (SSSR count). The number of aryl methyl sites for hydroxylation is 1. The Kier molecular flexibility index (Phi) is 4.90. The van der Waals surface area contributed by atoms with E-state index in [0.29, 0.717) is 0 Å². The maximum atomic E-state index is 12.1. The Morgan fingerprint density at radius 3 is 2.38 bits per heavy atom. The van der Waals surface area contributed by atoms with Crippen molar-refractivity contribution in [2.75, 3.05) is 0 Å². The monoisotopic (exact) mass is 315 g/mol. The molecule has 114 valence electrons. The van der Waals surface area contributed by atoms with E-state index in [9.17, 15) is 13.2 Å². The zero-order valence-corrected chi connectivity index (χ0v) is 12.5. The van der Waals surface area contributed by atoms with Crippen molar-refractivity contribution in [2.45, 2.75) is 32.8 Å². The van der Waals surface area contributed by atoms with Crippen LogP contribution in [0.1, 0.15) is 29.7 Å². The van der Waals surface area contributed by atoms with Crippen LogP contribution in [-0.2, 0) is 6.54 Å². The van der Waals surface area contributed by atoms with Gasteiger partial charge in [0.2, 0.25) is 0 Å². The number of ether oxygens (including phenoxy) is 1. The first-order valence-electron chi connectivity index (χ1n) is 6.46. The van der Waals surface area contributed by atoms with Crippen molar-refractivity contribution in [1.29, 1.82) is 0 Å². The summed E-state index contributed by atoms with van der Waals surface area (Å²) in [5.41, 5.74) is 3.40. The van der Waals surface area contributed by atoms with E-state index in [-0.39, 0.29) is 11.8 Å². The SMILES string of the molecule is Cc1cscc1CNC(C)c1ccc(OC(F)(F)F)cc1. The van der Waals surface area contributed by atoms with Crippen LogP contribution in [0.2, 0.25) is 0 Å². The molecular weight excluding hydrogens is 299 g/mol. The number of hydrogen-bond acceptors (Lipinski definition) is 3. The summed E-state index contributed by atoms with van der Waals surface area (Å²) in [5.74, 6) is -0.202. The van der Waals surface area contributed by atoms with Crippen molar-refractivity contribution in [2.24, 2.45) is 0 Å². The van der Waals surface area contributed by atoms with Gasteiger partial charge in [0.1, 0.15) is 5.75 Å². The largest absolute Gasteiger partial charge is 0.573 e. The molecule has 0 spiro atoms. The number of nitrogens with one attached hydrogen (secondary N) is 1. The van der Waals surface area contributed by atoms with Gasteiger partial charge >= 0.3 is 6.36 Å². The normalized spacial score (nSPS) is 13.2. The molecule has 2 aromatic rings. The molecule has 0 aliphatic rings. The molecule has 2 nitrogen and oxygen atoms in total. The predicted molar refractivity (Wildman–Crippen MR) is 77.4 cm³/mol. The number of benzene rings is 1. The fourth-order valence-electron chi connectivity index (χ4n) is 1.91. The van der Waals surface area contributed by atoms with Crippen LogP contribution in [0.15, 0.2) is 35.0 Å². The standard InChI is InChI=1S/C15H16F3NOS/c1-10-8-21-9-13(10)7-19-11(2)12-3-5-14(6-4-12)20-15(16,17)18/h3-6,8-9,11,19H,7H2,1-2H3. The molecule has 0 aliphatic heterocycles. The molecule has 1 heterocycles. The van der Waals surface area contributed by atoms with Crippen molar-refractivity contribution in [1.82, 2.24) is 5.32 Å². The summed E-state index contributed by atoms with van der Waals surface area (Å²) in [6, 6.07) is 5.98. The second kappa shape index (κ2) is 6.49. The highest BCUT2D eigenvalue weighted by molar-refractivity contribution is 7.08. The van der Waals surface area contributed by atoms with Gasteiger partial charge in [0.05, 0.1) is 0 Å². The van der Waals surface area contributed by atoms with Gasteiger partial charge in [-0.3, -0.25) is 0 Å². The minimum Gasteiger partial charge on any atom is -0.406 e. The topological polar surface area (TPSA) is 21.3 Å². The predicted octanol–water partition coefficient (Wildman–Crippen LogP) is 4.81. The van der Waals surface area contributed by atoms with E-state index in [1.165, 1.54) is 23.3 Å². The molecular formula is C15H16F3NOS. The molecule has 1 aromatic heterocycles. The second-order valence-electron chi connectivity index (χ2n) is 4.80. The van der Waals surface area contributed by atoms with Crippen LogP contribution in [0.25, 0.3) is 0 Å². The first kappa shape index (κ1) is 15.9. The zero-order chi connectivity index (χ0) is 15.5. The molecule has 6 heteroatoms. The van der Waals surface area contributed by atoms with Crippen molar-refractivity contribution in [3.05, 3.63) is 51.7 Å². The Hall–Kier alpha value is -1.53. The Labute approximate surface area is 125 Å². The van der Waals surface area contributed by atoms with E-state index in [4.69, 9.17) is 0 Å². The third-order valence-electron chi connectivity index (χ3n) is 3.17. The lowest BCUT2D eigenvalue weighted by atomic mass is 10.1. The molecule has 0 fully saturated rings. The average Bonchev–Trinajstić information content (AvgIpc) is 2.80. The molecule has 0 saturated carbocycles. The van der Waals surface area contributed by atoms with Gasteiger partial charge in [-0.1, -0.05) is 12.1 Å². The summed E-state index contributed by atoms with van der Waals surface area (Å²) in [5, 5.41) is 7.53. The number of halogens is 3. The maximum Gasteiger partial charge on any atom is 0.573 e. The van der Waals surface area contributed by atoms with E-state index in [1.807, 2.05) is 6.92 Å². The van der Waals surface area contributed by atoms with Gasteiger partial charge in [-0.2, -0.15) is 11.3 Å². The fourth-order valence-corrected chi connectivity index (χ4v) is 2.76. The number of rotatable bonds is 5. The van der Waals surface area contributed by atoms with E-state index in [0.717, 1.165) is 12.1 Å². The minimum absolute atomic E-state index is 0.0456. The molecule has 1 unspecified atom stereocenters. The molecule has 21 heavy (non-hydrogen) atoms. The Bertz CT molecular complexity index is 577. The van der Waals surface area contributed by atoms with Crippen LogP contribution in [0.3, 0.4) is 0 Å². The van der Waals surface area contributed by atoms with Gasteiger partial charge in [-0.05, 0) is 53.4 Å². The van der Waals surface area contributed by atoms with Crippen LogP contribution in [0, 0.1) is 6.92 Å². The summed E-state index contributed by atoms with van der Waals surface area (Å²) < 4.78 is 40.1. The van der Waals surface area contributed by atoms with Crippen LogP contribution in [0.4, 0.5) is 13.2 Å². The van der Waals surface area contributed by atoms with Crippen LogP contribution in [0.5, 0.6) is 5.75 Å². The summed E-state index contributed by atoms with van der Waals surface area (Å²) in [4.78, 5) is 0. The molecule has 0 aliphatic carbocycles. The molecule has 1 atom stereocenters. The van der Waals surface area contributed by atoms with Gasteiger partial charge in [-0.25, -0.2) is 0 Å². The maximum absolute atomic E-state index is 12.1. The fraction of sp³-hybridized carbons (Fsp3) is 0.333. The van der Waals surface area contributed by atoms with Crippen LogP contribution >= 0.6 is 11.3 Å². The highest BCUT2D eigenvalue weighted by Crippen LogP contribution is 2.24. The second-order valence-corrected chi connectivity index (χ2v) is 5.54. The molecule has 1 aromatic carbocycles. The molecule has 1 N–H and O–H groups in total. The first-order chi connectivity index (χ1) is 9.85. The van der Waals surface area contributed by atoms with Gasteiger partial charge in [-0.15, -0.1) is 13.2 Å². The Balaban J connectivity index is 1.93. The molecule has 0 amide bonds. The lowest BCUT2D eigenvalue weighted by molar-refractivity contribution is -0.274. The highest BCUT2D eigenvalue weighted by atomic mass is 32.1. The van der Waals surface area contributed by atoms with E-state index in [2.05, 4.69) is 27.7 Å². The number of thiophene rings is 1. The zero-order valence-electron chi connectivity index (χ0n) is 11.7. The van der Waals surface area contributed by atoms with Crippen molar-refractivity contribution < 1.29 is 17.9 Å². The molecule has 0 radical (unpaired) electrons. The molecule has 0 bridgehead atoms. The van der Waals surface area contributed by atoms with Gasteiger partial charge < -0.3 is 10.1 Å². The minimum atomic E-state index is -4.65.